The first-order valence-corrected chi connectivity index (χ1v) is 5.18. The minimum Gasteiger partial charge on any atom is -0.374 e. The van der Waals surface area contributed by atoms with Gasteiger partial charge in [-0.15, -0.1) is 0 Å². The molecule has 1 N–H and O–H groups in total. The van der Waals surface area contributed by atoms with Gasteiger partial charge < -0.3 is 10.1 Å². The molecule has 0 aliphatic heterocycles. The van der Waals surface area contributed by atoms with Crippen molar-refractivity contribution in [1.29, 1.82) is 0 Å². The quantitative estimate of drug-likeness (QED) is 0.785. The summed E-state index contributed by atoms with van der Waals surface area (Å²) in [5.41, 5.74) is -0.0935. The van der Waals surface area contributed by atoms with Gasteiger partial charge in [-0.1, -0.05) is 0 Å². The van der Waals surface area contributed by atoms with Crippen molar-refractivity contribution in [3.8, 4) is 0 Å². The first-order valence-electron chi connectivity index (χ1n) is 5.18. The smallest absolute Gasteiger partial charge is 0.140 e. The van der Waals surface area contributed by atoms with E-state index in [2.05, 4.69) is 15.4 Å². The number of rotatable bonds is 5. The van der Waals surface area contributed by atoms with Crippen LogP contribution in [0.25, 0.3) is 0 Å². The summed E-state index contributed by atoms with van der Waals surface area (Å²) in [5, 5.41) is 7.19. The molecule has 1 heterocycles. The third-order valence-electron chi connectivity index (χ3n) is 1.87. The van der Waals surface area contributed by atoms with E-state index in [0.29, 0.717) is 6.61 Å². The van der Waals surface area contributed by atoms with E-state index >= 15 is 0 Å². The van der Waals surface area contributed by atoms with Crippen LogP contribution >= 0.6 is 0 Å². The van der Waals surface area contributed by atoms with Gasteiger partial charge in [0.15, 0.2) is 0 Å². The Morgan fingerprint density at radius 1 is 1.47 bits per heavy atom. The van der Waals surface area contributed by atoms with Crippen molar-refractivity contribution in [3.63, 3.8) is 0 Å². The van der Waals surface area contributed by atoms with Crippen LogP contribution in [0.15, 0.2) is 6.33 Å². The number of nitrogens with zero attached hydrogens (tertiary/aromatic N) is 3. The predicted molar refractivity (Wildman–Crippen MR) is 58.5 cm³/mol. The molecule has 86 valence electrons. The summed E-state index contributed by atoms with van der Waals surface area (Å²) >= 11 is 0. The van der Waals surface area contributed by atoms with Gasteiger partial charge >= 0.3 is 0 Å². The normalized spacial score (nSPS) is 12.0. The predicted octanol–water partition coefficient (Wildman–Crippen LogP) is 0.813. The lowest BCUT2D eigenvalue weighted by molar-refractivity contribution is -0.00822. The first-order chi connectivity index (χ1) is 7.03. The summed E-state index contributed by atoms with van der Waals surface area (Å²) in [6, 6.07) is 0. The SMILES string of the molecule is CNCc1ncnn1CCOC(C)(C)C. The molecular weight excluding hydrogens is 192 g/mol. The summed E-state index contributed by atoms with van der Waals surface area (Å²) < 4.78 is 7.49. The fourth-order valence-corrected chi connectivity index (χ4v) is 1.21. The minimum absolute atomic E-state index is 0.0935. The molecule has 1 rings (SSSR count). The van der Waals surface area contributed by atoms with Gasteiger partial charge in [0.1, 0.15) is 12.2 Å². The highest BCUT2D eigenvalue weighted by atomic mass is 16.5. The van der Waals surface area contributed by atoms with Gasteiger partial charge in [-0.3, -0.25) is 0 Å². The van der Waals surface area contributed by atoms with Crippen LogP contribution in [0.3, 0.4) is 0 Å². The van der Waals surface area contributed by atoms with Crippen LogP contribution < -0.4 is 5.32 Å². The summed E-state index contributed by atoms with van der Waals surface area (Å²) in [6.07, 6.45) is 1.57. The molecule has 0 radical (unpaired) electrons. The monoisotopic (exact) mass is 212 g/mol. The summed E-state index contributed by atoms with van der Waals surface area (Å²) in [5.74, 6) is 0.940. The minimum atomic E-state index is -0.0935. The van der Waals surface area contributed by atoms with E-state index < -0.39 is 0 Å². The number of hydrogen-bond acceptors (Lipinski definition) is 4. The maximum Gasteiger partial charge on any atom is 0.140 e. The molecule has 0 spiro atoms. The Bertz CT molecular complexity index is 290. The van der Waals surface area contributed by atoms with Crippen LogP contribution in [0.5, 0.6) is 0 Å². The summed E-state index contributed by atoms with van der Waals surface area (Å²) in [7, 11) is 1.89. The van der Waals surface area contributed by atoms with E-state index in [1.165, 1.54) is 0 Å². The molecule has 0 unspecified atom stereocenters. The highest BCUT2D eigenvalue weighted by molar-refractivity contribution is 4.83. The van der Waals surface area contributed by atoms with E-state index in [1.54, 1.807) is 6.33 Å². The molecule has 0 fully saturated rings. The molecule has 5 nitrogen and oxygen atoms in total. The molecule has 0 aromatic carbocycles. The zero-order valence-corrected chi connectivity index (χ0v) is 9.95. The fourth-order valence-electron chi connectivity index (χ4n) is 1.21. The largest absolute Gasteiger partial charge is 0.374 e. The fraction of sp³-hybridized carbons (Fsp3) is 0.800. The molecule has 0 bridgehead atoms. The van der Waals surface area contributed by atoms with E-state index in [9.17, 15) is 0 Å². The van der Waals surface area contributed by atoms with Gasteiger partial charge in [0.2, 0.25) is 0 Å². The summed E-state index contributed by atoms with van der Waals surface area (Å²) in [6.45, 7) is 8.27. The molecule has 5 heteroatoms. The zero-order chi connectivity index (χ0) is 11.3. The lowest BCUT2D eigenvalue weighted by atomic mass is 10.2. The maximum absolute atomic E-state index is 5.63. The van der Waals surface area contributed by atoms with E-state index in [-0.39, 0.29) is 5.60 Å². The van der Waals surface area contributed by atoms with Gasteiger partial charge in [0, 0.05) is 0 Å². The van der Waals surface area contributed by atoms with Crippen molar-refractivity contribution < 1.29 is 4.74 Å². The Hall–Kier alpha value is -0.940. The van der Waals surface area contributed by atoms with Crippen LogP contribution in [0.1, 0.15) is 26.6 Å². The lowest BCUT2D eigenvalue weighted by Gasteiger charge is -2.19. The van der Waals surface area contributed by atoms with Crippen molar-refractivity contribution in [1.82, 2.24) is 20.1 Å². The van der Waals surface area contributed by atoms with Gasteiger partial charge in [0.25, 0.3) is 0 Å². The Balaban J connectivity index is 2.40. The van der Waals surface area contributed by atoms with Gasteiger partial charge in [-0.25, -0.2) is 9.67 Å². The second kappa shape index (κ2) is 5.23. The zero-order valence-electron chi connectivity index (χ0n) is 9.95. The van der Waals surface area contributed by atoms with E-state index in [0.717, 1.165) is 18.9 Å². The van der Waals surface area contributed by atoms with Crippen LogP contribution in [-0.2, 0) is 17.8 Å². The van der Waals surface area contributed by atoms with Crippen molar-refractivity contribution in [2.24, 2.45) is 0 Å². The van der Waals surface area contributed by atoms with Crippen LogP contribution in [0.4, 0.5) is 0 Å². The molecule has 1 aromatic rings. The second-order valence-electron chi connectivity index (χ2n) is 4.39. The molecule has 15 heavy (non-hydrogen) atoms. The Kier molecular flexibility index (Phi) is 4.23. The molecule has 0 aliphatic rings. The molecule has 0 saturated carbocycles. The Morgan fingerprint density at radius 3 is 2.80 bits per heavy atom. The van der Waals surface area contributed by atoms with Crippen molar-refractivity contribution in [2.75, 3.05) is 13.7 Å². The standard InChI is InChI=1S/C10H20N4O/c1-10(2,3)15-6-5-14-9(7-11-4)12-8-13-14/h8,11H,5-7H2,1-4H3. The average molecular weight is 212 g/mol. The van der Waals surface area contributed by atoms with Crippen molar-refractivity contribution in [3.05, 3.63) is 12.2 Å². The molecule has 0 atom stereocenters. The van der Waals surface area contributed by atoms with Crippen molar-refractivity contribution >= 4 is 0 Å². The Morgan fingerprint density at radius 2 is 2.20 bits per heavy atom. The van der Waals surface area contributed by atoms with Gasteiger partial charge in [0.05, 0.1) is 25.3 Å². The third-order valence-corrected chi connectivity index (χ3v) is 1.87. The van der Waals surface area contributed by atoms with Crippen LogP contribution in [0, 0.1) is 0 Å². The number of hydrogen-bond donors (Lipinski definition) is 1. The van der Waals surface area contributed by atoms with Crippen molar-refractivity contribution in [2.45, 2.75) is 39.5 Å². The molecule has 0 saturated heterocycles. The van der Waals surface area contributed by atoms with Gasteiger partial charge in [-0.05, 0) is 27.8 Å². The molecular formula is C10H20N4O. The average Bonchev–Trinajstić information content (AvgIpc) is 2.51. The van der Waals surface area contributed by atoms with Gasteiger partial charge in [-0.2, -0.15) is 5.10 Å². The Labute approximate surface area is 90.8 Å². The molecule has 0 aliphatic carbocycles. The highest BCUT2D eigenvalue weighted by Gasteiger charge is 2.10. The van der Waals surface area contributed by atoms with E-state index in [4.69, 9.17) is 4.74 Å². The molecule has 0 amide bonds. The highest BCUT2D eigenvalue weighted by Crippen LogP contribution is 2.06. The maximum atomic E-state index is 5.63. The number of aromatic nitrogens is 3. The topological polar surface area (TPSA) is 52.0 Å². The number of nitrogens with one attached hydrogen (secondary N) is 1. The summed E-state index contributed by atoms with van der Waals surface area (Å²) in [4.78, 5) is 4.15. The third kappa shape index (κ3) is 4.40. The molecule has 1 aromatic heterocycles. The van der Waals surface area contributed by atoms with Crippen LogP contribution in [0.2, 0.25) is 0 Å². The number of ether oxygens (including phenoxy) is 1. The first kappa shape index (κ1) is 12.1. The second-order valence-corrected chi connectivity index (χ2v) is 4.39. The lowest BCUT2D eigenvalue weighted by Crippen LogP contribution is -2.23. The van der Waals surface area contributed by atoms with Crippen LogP contribution in [-0.4, -0.2) is 34.0 Å². The van der Waals surface area contributed by atoms with E-state index in [1.807, 2.05) is 32.5 Å².